The summed E-state index contributed by atoms with van der Waals surface area (Å²) in [5.74, 6) is 1.59. The van der Waals surface area contributed by atoms with Crippen LogP contribution in [0.15, 0.2) is 24.3 Å². The highest BCUT2D eigenvalue weighted by Gasteiger charge is 2.12. The van der Waals surface area contributed by atoms with Crippen LogP contribution in [0.3, 0.4) is 0 Å². The molecule has 1 aromatic rings. The van der Waals surface area contributed by atoms with Crippen molar-refractivity contribution >= 4 is 5.69 Å². The molecule has 1 unspecified atom stereocenters. The zero-order valence-corrected chi connectivity index (χ0v) is 11.5. The van der Waals surface area contributed by atoms with E-state index in [1.807, 2.05) is 18.2 Å². The Labute approximate surface area is 105 Å². The quantitative estimate of drug-likeness (QED) is 0.760. The van der Waals surface area contributed by atoms with Crippen LogP contribution < -0.4 is 10.1 Å². The monoisotopic (exact) mass is 235 g/mol. The Kier molecular flexibility index (Phi) is 5.88. The maximum atomic E-state index is 5.75. The molecule has 0 spiro atoms. The first-order valence-electron chi connectivity index (χ1n) is 6.67. The summed E-state index contributed by atoms with van der Waals surface area (Å²) < 4.78 is 5.75. The van der Waals surface area contributed by atoms with Crippen molar-refractivity contribution in [3.8, 4) is 5.75 Å². The minimum Gasteiger partial charge on any atom is -0.491 e. The zero-order valence-electron chi connectivity index (χ0n) is 11.5. The summed E-state index contributed by atoms with van der Waals surface area (Å²) in [6.07, 6.45) is 2.16. The van der Waals surface area contributed by atoms with Crippen molar-refractivity contribution in [3.05, 3.63) is 24.3 Å². The van der Waals surface area contributed by atoms with Gasteiger partial charge in [0.25, 0.3) is 0 Å². The molecular formula is C15H25NO. The Bertz CT molecular complexity index is 322. The van der Waals surface area contributed by atoms with Gasteiger partial charge in [0.15, 0.2) is 0 Å². The van der Waals surface area contributed by atoms with E-state index in [1.165, 1.54) is 0 Å². The summed E-state index contributed by atoms with van der Waals surface area (Å²) in [5.41, 5.74) is 1.11. The number of para-hydroxylation sites is 2. The second-order valence-electron chi connectivity index (χ2n) is 4.75. The predicted octanol–water partition coefficient (Wildman–Crippen LogP) is 4.32. The third-order valence-corrected chi connectivity index (χ3v) is 2.93. The molecule has 0 saturated heterocycles. The molecule has 2 heteroatoms. The molecule has 1 atom stereocenters. The van der Waals surface area contributed by atoms with Crippen molar-refractivity contribution in [2.45, 2.75) is 46.6 Å². The fourth-order valence-electron chi connectivity index (χ4n) is 1.86. The van der Waals surface area contributed by atoms with E-state index in [2.05, 4.69) is 39.1 Å². The van der Waals surface area contributed by atoms with Gasteiger partial charge >= 0.3 is 0 Å². The number of anilines is 1. The number of nitrogens with one attached hydrogen (secondary N) is 1. The molecule has 0 bridgehead atoms. The maximum absolute atomic E-state index is 5.75. The fourth-order valence-corrected chi connectivity index (χ4v) is 1.86. The van der Waals surface area contributed by atoms with Crippen LogP contribution in [0, 0.1) is 5.92 Å². The topological polar surface area (TPSA) is 21.3 Å². The van der Waals surface area contributed by atoms with Gasteiger partial charge in [0.05, 0.1) is 12.3 Å². The fraction of sp³-hybridized carbons (Fsp3) is 0.600. The van der Waals surface area contributed by atoms with Crippen molar-refractivity contribution < 1.29 is 4.74 Å². The Balaban J connectivity index is 2.74. The predicted molar refractivity (Wildman–Crippen MR) is 74.8 cm³/mol. The van der Waals surface area contributed by atoms with Gasteiger partial charge in [-0.25, -0.2) is 0 Å². The molecular weight excluding hydrogens is 210 g/mol. The maximum Gasteiger partial charge on any atom is 0.142 e. The van der Waals surface area contributed by atoms with E-state index in [-0.39, 0.29) is 0 Å². The van der Waals surface area contributed by atoms with E-state index in [4.69, 9.17) is 4.74 Å². The van der Waals surface area contributed by atoms with Gasteiger partial charge in [0.2, 0.25) is 0 Å². The molecule has 96 valence electrons. The highest BCUT2D eigenvalue weighted by molar-refractivity contribution is 5.56. The molecule has 1 rings (SSSR count). The number of ether oxygens (including phenoxy) is 1. The SMILES string of the molecule is CCCOc1ccccc1NC(CC)C(C)C. The van der Waals surface area contributed by atoms with Crippen molar-refractivity contribution in [2.24, 2.45) is 5.92 Å². The van der Waals surface area contributed by atoms with Gasteiger partial charge in [0, 0.05) is 6.04 Å². The summed E-state index contributed by atoms with van der Waals surface area (Å²) in [4.78, 5) is 0. The first kappa shape index (κ1) is 13.9. The molecule has 1 N–H and O–H groups in total. The van der Waals surface area contributed by atoms with Crippen LogP contribution in [0.25, 0.3) is 0 Å². The molecule has 0 heterocycles. The van der Waals surface area contributed by atoms with Gasteiger partial charge in [-0.15, -0.1) is 0 Å². The zero-order chi connectivity index (χ0) is 12.7. The molecule has 0 amide bonds. The lowest BCUT2D eigenvalue weighted by Crippen LogP contribution is -2.24. The molecule has 0 radical (unpaired) electrons. The van der Waals surface area contributed by atoms with Gasteiger partial charge < -0.3 is 10.1 Å². The van der Waals surface area contributed by atoms with Crippen LogP contribution in [0.2, 0.25) is 0 Å². The highest BCUT2D eigenvalue weighted by Crippen LogP contribution is 2.26. The molecule has 0 aromatic heterocycles. The Morgan fingerprint density at radius 3 is 2.47 bits per heavy atom. The Hall–Kier alpha value is -1.18. The minimum atomic E-state index is 0.501. The normalized spacial score (nSPS) is 12.5. The van der Waals surface area contributed by atoms with Crippen LogP contribution in [-0.2, 0) is 0 Å². The van der Waals surface area contributed by atoms with E-state index in [0.717, 1.165) is 30.9 Å². The summed E-state index contributed by atoms with van der Waals surface area (Å²) in [6.45, 7) is 9.61. The molecule has 0 fully saturated rings. The third-order valence-electron chi connectivity index (χ3n) is 2.93. The minimum absolute atomic E-state index is 0.501. The standard InChI is InChI=1S/C15H25NO/c1-5-11-17-15-10-8-7-9-14(15)16-13(6-2)12(3)4/h7-10,12-13,16H,5-6,11H2,1-4H3. The van der Waals surface area contributed by atoms with E-state index in [0.29, 0.717) is 12.0 Å². The van der Waals surface area contributed by atoms with Crippen molar-refractivity contribution in [1.29, 1.82) is 0 Å². The van der Waals surface area contributed by atoms with Crippen LogP contribution in [0.5, 0.6) is 5.75 Å². The lowest BCUT2D eigenvalue weighted by molar-refractivity contribution is 0.318. The third kappa shape index (κ3) is 4.29. The van der Waals surface area contributed by atoms with Crippen molar-refractivity contribution in [2.75, 3.05) is 11.9 Å². The van der Waals surface area contributed by atoms with Gasteiger partial charge in [-0.1, -0.05) is 39.8 Å². The smallest absolute Gasteiger partial charge is 0.142 e. The molecule has 0 saturated carbocycles. The summed E-state index contributed by atoms with van der Waals surface area (Å²) >= 11 is 0. The largest absolute Gasteiger partial charge is 0.491 e. The highest BCUT2D eigenvalue weighted by atomic mass is 16.5. The summed E-state index contributed by atoms with van der Waals surface area (Å²) in [7, 11) is 0. The number of hydrogen-bond acceptors (Lipinski definition) is 2. The van der Waals surface area contributed by atoms with Crippen molar-refractivity contribution in [1.82, 2.24) is 0 Å². The van der Waals surface area contributed by atoms with Gasteiger partial charge in [-0.2, -0.15) is 0 Å². The van der Waals surface area contributed by atoms with Crippen LogP contribution in [0.1, 0.15) is 40.5 Å². The van der Waals surface area contributed by atoms with Gasteiger partial charge in [-0.05, 0) is 30.9 Å². The van der Waals surface area contributed by atoms with E-state index in [9.17, 15) is 0 Å². The average Bonchev–Trinajstić information content (AvgIpc) is 2.34. The number of benzene rings is 1. The Morgan fingerprint density at radius 2 is 1.88 bits per heavy atom. The van der Waals surface area contributed by atoms with Gasteiger partial charge in [-0.3, -0.25) is 0 Å². The van der Waals surface area contributed by atoms with E-state index in [1.54, 1.807) is 0 Å². The second kappa shape index (κ2) is 7.21. The molecule has 17 heavy (non-hydrogen) atoms. The number of hydrogen-bond donors (Lipinski definition) is 1. The second-order valence-corrected chi connectivity index (χ2v) is 4.75. The molecule has 0 aliphatic rings. The first-order chi connectivity index (χ1) is 8.19. The van der Waals surface area contributed by atoms with Gasteiger partial charge in [0.1, 0.15) is 5.75 Å². The Morgan fingerprint density at radius 1 is 1.18 bits per heavy atom. The molecule has 0 aliphatic carbocycles. The number of rotatable bonds is 7. The molecule has 0 aliphatic heterocycles. The molecule has 2 nitrogen and oxygen atoms in total. The summed E-state index contributed by atoms with van der Waals surface area (Å²) in [6, 6.07) is 8.70. The first-order valence-corrected chi connectivity index (χ1v) is 6.67. The average molecular weight is 235 g/mol. The van der Waals surface area contributed by atoms with Crippen LogP contribution >= 0.6 is 0 Å². The molecule has 1 aromatic carbocycles. The lowest BCUT2D eigenvalue weighted by atomic mass is 10.0. The van der Waals surface area contributed by atoms with Crippen LogP contribution in [0.4, 0.5) is 5.69 Å². The van der Waals surface area contributed by atoms with E-state index >= 15 is 0 Å². The van der Waals surface area contributed by atoms with Crippen molar-refractivity contribution in [3.63, 3.8) is 0 Å². The lowest BCUT2D eigenvalue weighted by Gasteiger charge is -2.23. The van der Waals surface area contributed by atoms with Crippen LogP contribution in [-0.4, -0.2) is 12.6 Å². The van der Waals surface area contributed by atoms with E-state index < -0.39 is 0 Å². The summed E-state index contributed by atoms with van der Waals surface area (Å²) in [5, 5.41) is 3.58.